The molecule has 1 atom stereocenters. The highest BCUT2D eigenvalue weighted by Gasteiger charge is 2.27. The van der Waals surface area contributed by atoms with Crippen molar-refractivity contribution in [3.05, 3.63) is 42.0 Å². The van der Waals surface area contributed by atoms with Gasteiger partial charge in [0.05, 0.1) is 31.6 Å². The number of nitrogens with zero attached hydrogens (tertiary/aromatic N) is 4. The fraction of sp³-hybridized carbons (Fsp3) is 0.412. The van der Waals surface area contributed by atoms with Crippen LogP contribution in [0.25, 0.3) is 0 Å². The number of hydrogen-bond acceptors (Lipinski definition) is 6. The zero-order chi connectivity index (χ0) is 16.9. The summed E-state index contributed by atoms with van der Waals surface area (Å²) in [6, 6.07) is 3.59. The van der Waals surface area contributed by atoms with Gasteiger partial charge < -0.3 is 14.4 Å². The standard InChI is InChI=1S/C17H20N4O3/c1-12-14(6-3-7-19-12)17(22)21-8-4-5-13(11-21)24-16-10-18-9-15(20-16)23-2/h3,6-7,9-10,13H,4-5,8,11H2,1-2H3. The van der Waals surface area contributed by atoms with Gasteiger partial charge in [-0.3, -0.25) is 14.8 Å². The molecule has 0 aromatic carbocycles. The molecule has 0 spiro atoms. The van der Waals surface area contributed by atoms with E-state index in [4.69, 9.17) is 9.47 Å². The monoisotopic (exact) mass is 328 g/mol. The molecule has 0 aliphatic carbocycles. The number of piperidine rings is 1. The molecule has 0 radical (unpaired) electrons. The van der Waals surface area contributed by atoms with Gasteiger partial charge >= 0.3 is 0 Å². The summed E-state index contributed by atoms with van der Waals surface area (Å²) in [6.07, 6.45) is 6.40. The average Bonchev–Trinajstić information content (AvgIpc) is 2.62. The lowest BCUT2D eigenvalue weighted by Crippen LogP contribution is -2.44. The van der Waals surface area contributed by atoms with Gasteiger partial charge in [0.2, 0.25) is 11.8 Å². The van der Waals surface area contributed by atoms with Crippen LogP contribution in [0, 0.1) is 6.92 Å². The number of aryl methyl sites for hydroxylation is 1. The highest BCUT2D eigenvalue weighted by Crippen LogP contribution is 2.20. The number of pyridine rings is 1. The van der Waals surface area contributed by atoms with Crippen molar-refractivity contribution in [1.82, 2.24) is 19.9 Å². The Balaban J connectivity index is 1.68. The second-order valence-electron chi connectivity index (χ2n) is 5.67. The Morgan fingerprint density at radius 2 is 2.17 bits per heavy atom. The van der Waals surface area contributed by atoms with Crippen LogP contribution >= 0.6 is 0 Å². The Kier molecular flexibility index (Phi) is 4.88. The van der Waals surface area contributed by atoms with Gasteiger partial charge in [0.1, 0.15) is 6.10 Å². The molecule has 126 valence electrons. The lowest BCUT2D eigenvalue weighted by molar-refractivity contribution is 0.0524. The molecule has 1 fully saturated rings. The number of aromatic nitrogens is 3. The molecule has 0 saturated carbocycles. The summed E-state index contributed by atoms with van der Waals surface area (Å²) in [6.45, 7) is 3.08. The number of amides is 1. The first-order valence-electron chi connectivity index (χ1n) is 7.91. The maximum Gasteiger partial charge on any atom is 0.255 e. The van der Waals surface area contributed by atoms with E-state index in [0.717, 1.165) is 25.1 Å². The highest BCUT2D eigenvalue weighted by molar-refractivity contribution is 5.95. The molecular formula is C17H20N4O3. The molecule has 7 nitrogen and oxygen atoms in total. The lowest BCUT2D eigenvalue weighted by atomic mass is 10.1. The molecule has 7 heteroatoms. The van der Waals surface area contributed by atoms with Crippen LogP contribution < -0.4 is 9.47 Å². The van der Waals surface area contributed by atoms with Gasteiger partial charge in [-0.1, -0.05) is 0 Å². The van der Waals surface area contributed by atoms with Crippen LogP contribution in [0.5, 0.6) is 11.8 Å². The molecule has 1 unspecified atom stereocenters. The van der Waals surface area contributed by atoms with Gasteiger partial charge in [-0.2, -0.15) is 4.98 Å². The zero-order valence-electron chi connectivity index (χ0n) is 13.8. The Labute approximate surface area is 140 Å². The van der Waals surface area contributed by atoms with E-state index in [1.165, 1.54) is 13.3 Å². The van der Waals surface area contributed by atoms with Gasteiger partial charge in [-0.15, -0.1) is 0 Å². The first-order valence-corrected chi connectivity index (χ1v) is 7.91. The van der Waals surface area contributed by atoms with E-state index in [0.29, 0.717) is 23.9 Å². The van der Waals surface area contributed by atoms with E-state index in [9.17, 15) is 4.79 Å². The van der Waals surface area contributed by atoms with Crippen LogP contribution in [0.2, 0.25) is 0 Å². The fourth-order valence-corrected chi connectivity index (χ4v) is 2.76. The number of methoxy groups -OCH3 is 1. The number of ether oxygens (including phenoxy) is 2. The Morgan fingerprint density at radius 1 is 1.33 bits per heavy atom. The van der Waals surface area contributed by atoms with E-state index >= 15 is 0 Å². The van der Waals surface area contributed by atoms with Gasteiger partial charge in [0.15, 0.2) is 0 Å². The zero-order valence-corrected chi connectivity index (χ0v) is 13.8. The maximum atomic E-state index is 12.7. The number of likely N-dealkylation sites (tertiary alicyclic amines) is 1. The first kappa shape index (κ1) is 16.2. The van der Waals surface area contributed by atoms with Gasteiger partial charge in [-0.25, -0.2) is 0 Å². The van der Waals surface area contributed by atoms with E-state index in [2.05, 4.69) is 15.0 Å². The van der Waals surface area contributed by atoms with Crippen LogP contribution in [0.3, 0.4) is 0 Å². The minimum absolute atomic E-state index is 0.00868. The summed E-state index contributed by atoms with van der Waals surface area (Å²) in [7, 11) is 1.53. The molecule has 1 aliphatic heterocycles. The van der Waals surface area contributed by atoms with Gasteiger partial charge in [0, 0.05) is 18.4 Å². The molecule has 1 aliphatic rings. The molecule has 24 heavy (non-hydrogen) atoms. The summed E-state index contributed by atoms with van der Waals surface area (Å²) < 4.78 is 10.9. The topological polar surface area (TPSA) is 77.4 Å². The molecule has 0 bridgehead atoms. The fourth-order valence-electron chi connectivity index (χ4n) is 2.76. The summed E-state index contributed by atoms with van der Waals surface area (Å²) in [5, 5.41) is 0. The SMILES string of the molecule is COc1cncc(OC2CCCN(C(=O)c3cccnc3C)C2)n1. The molecule has 1 amide bonds. The van der Waals surface area contributed by atoms with Crippen LogP contribution in [-0.2, 0) is 0 Å². The van der Waals surface area contributed by atoms with Crippen molar-refractivity contribution in [2.45, 2.75) is 25.9 Å². The second-order valence-corrected chi connectivity index (χ2v) is 5.67. The molecule has 3 heterocycles. The largest absolute Gasteiger partial charge is 0.480 e. The molecular weight excluding hydrogens is 308 g/mol. The average molecular weight is 328 g/mol. The van der Waals surface area contributed by atoms with Gasteiger partial charge in [0.25, 0.3) is 5.91 Å². The van der Waals surface area contributed by atoms with Crippen LogP contribution in [-0.4, -0.2) is 52.1 Å². The number of carbonyl (C=O) groups excluding carboxylic acids is 1. The summed E-state index contributed by atoms with van der Waals surface area (Å²) >= 11 is 0. The molecule has 3 rings (SSSR count). The van der Waals surface area contributed by atoms with Crippen LogP contribution in [0.4, 0.5) is 0 Å². The first-order chi connectivity index (χ1) is 11.7. The Hall–Kier alpha value is -2.70. The predicted molar refractivity (Wildman–Crippen MR) is 87.1 cm³/mol. The maximum absolute atomic E-state index is 12.7. The third-order valence-corrected chi connectivity index (χ3v) is 3.99. The minimum atomic E-state index is -0.110. The summed E-state index contributed by atoms with van der Waals surface area (Å²) in [5.41, 5.74) is 1.38. The lowest BCUT2D eigenvalue weighted by Gasteiger charge is -2.32. The third-order valence-electron chi connectivity index (χ3n) is 3.99. The molecule has 1 saturated heterocycles. The van der Waals surface area contributed by atoms with Crippen molar-refractivity contribution in [2.75, 3.05) is 20.2 Å². The summed E-state index contributed by atoms with van der Waals surface area (Å²) in [5.74, 6) is 0.805. The highest BCUT2D eigenvalue weighted by atomic mass is 16.5. The van der Waals surface area contributed by atoms with E-state index in [1.54, 1.807) is 18.5 Å². The third kappa shape index (κ3) is 3.61. The smallest absolute Gasteiger partial charge is 0.255 e. The van der Waals surface area contributed by atoms with Crippen LogP contribution in [0.15, 0.2) is 30.7 Å². The Morgan fingerprint density at radius 3 is 2.96 bits per heavy atom. The second kappa shape index (κ2) is 7.25. The molecule has 2 aromatic rings. The van der Waals surface area contributed by atoms with E-state index < -0.39 is 0 Å². The van der Waals surface area contributed by atoms with Crippen molar-refractivity contribution in [3.8, 4) is 11.8 Å². The van der Waals surface area contributed by atoms with Crippen molar-refractivity contribution < 1.29 is 14.3 Å². The quantitative estimate of drug-likeness (QED) is 0.853. The molecule has 2 aromatic heterocycles. The summed E-state index contributed by atoms with van der Waals surface area (Å²) in [4.78, 5) is 26.9. The predicted octanol–water partition coefficient (Wildman–Crippen LogP) is 1.87. The van der Waals surface area contributed by atoms with Crippen molar-refractivity contribution in [2.24, 2.45) is 0 Å². The van der Waals surface area contributed by atoms with Crippen molar-refractivity contribution in [3.63, 3.8) is 0 Å². The minimum Gasteiger partial charge on any atom is -0.480 e. The van der Waals surface area contributed by atoms with Crippen molar-refractivity contribution >= 4 is 5.91 Å². The van der Waals surface area contributed by atoms with E-state index in [1.807, 2.05) is 17.9 Å². The number of rotatable bonds is 4. The molecule has 0 N–H and O–H groups in total. The van der Waals surface area contributed by atoms with Gasteiger partial charge in [-0.05, 0) is 31.9 Å². The number of carbonyl (C=O) groups is 1. The number of hydrogen-bond donors (Lipinski definition) is 0. The van der Waals surface area contributed by atoms with Crippen LogP contribution in [0.1, 0.15) is 28.9 Å². The normalized spacial score (nSPS) is 17.4. The van der Waals surface area contributed by atoms with E-state index in [-0.39, 0.29) is 12.0 Å². The Bertz CT molecular complexity index is 722. The van der Waals surface area contributed by atoms with Crippen molar-refractivity contribution in [1.29, 1.82) is 0 Å².